The maximum Gasteiger partial charge on any atom is 0.267 e. The Balaban J connectivity index is 1.62. The van der Waals surface area contributed by atoms with Gasteiger partial charge >= 0.3 is 0 Å². The van der Waals surface area contributed by atoms with Gasteiger partial charge in [0, 0.05) is 29.8 Å². The summed E-state index contributed by atoms with van der Waals surface area (Å²) in [6.45, 7) is 5.01. The first-order valence-corrected chi connectivity index (χ1v) is 13.0. The van der Waals surface area contributed by atoms with E-state index in [1.807, 2.05) is 48.5 Å². The SMILES string of the molecule is CCN1CCc2c(sc3nc(SCc4ccc(C#N)cc4)n(-c4cccc(OC)c4)c(=O)c23)C1. The molecule has 34 heavy (non-hydrogen) atoms. The summed E-state index contributed by atoms with van der Waals surface area (Å²) in [5.74, 6) is 1.33. The van der Waals surface area contributed by atoms with Gasteiger partial charge in [-0.05, 0) is 48.4 Å². The van der Waals surface area contributed by atoms with Gasteiger partial charge in [0.25, 0.3) is 5.56 Å². The van der Waals surface area contributed by atoms with Gasteiger partial charge in [-0.25, -0.2) is 4.98 Å². The minimum atomic E-state index is -0.0250. The summed E-state index contributed by atoms with van der Waals surface area (Å²) in [4.78, 5) is 23.4. The van der Waals surface area contributed by atoms with Gasteiger partial charge in [0.15, 0.2) is 5.16 Å². The monoisotopic (exact) mass is 488 g/mol. The van der Waals surface area contributed by atoms with E-state index in [4.69, 9.17) is 15.0 Å². The Morgan fingerprint density at radius 3 is 2.79 bits per heavy atom. The first kappa shape index (κ1) is 22.7. The van der Waals surface area contributed by atoms with E-state index in [1.54, 1.807) is 23.0 Å². The van der Waals surface area contributed by atoms with Gasteiger partial charge in [0.2, 0.25) is 0 Å². The normalized spacial score (nSPS) is 13.6. The summed E-state index contributed by atoms with van der Waals surface area (Å²) in [5, 5.41) is 10.5. The molecular formula is C26H24N4O2S2. The predicted molar refractivity (Wildman–Crippen MR) is 137 cm³/mol. The Hall–Kier alpha value is -3.12. The molecule has 0 fully saturated rings. The van der Waals surface area contributed by atoms with Gasteiger partial charge < -0.3 is 4.74 Å². The number of hydrogen-bond donors (Lipinski definition) is 0. The van der Waals surface area contributed by atoms with E-state index in [1.165, 1.54) is 16.6 Å². The zero-order valence-electron chi connectivity index (χ0n) is 19.1. The van der Waals surface area contributed by atoms with Gasteiger partial charge in [-0.2, -0.15) is 5.26 Å². The Kier molecular flexibility index (Phi) is 6.42. The number of thiophene rings is 1. The van der Waals surface area contributed by atoms with Crippen LogP contribution in [-0.4, -0.2) is 34.7 Å². The molecule has 0 spiro atoms. The molecule has 2 aromatic carbocycles. The quantitative estimate of drug-likeness (QED) is 0.281. The Labute approximate surface area is 206 Å². The van der Waals surface area contributed by atoms with Crippen LogP contribution in [0.2, 0.25) is 0 Å². The molecule has 0 saturated heterocycles. The van der Waals surface area contributed by atoms with Crippen molar-refractivity contribution in [3.05, 3.63) is 80.5 Å². The summed E-state index contributed by atoms with van der Waals surface area (Å²) in [7, 11) is 1.62. The lowest BCUT2D eigenvalue weighted by Crippen LogP contribution is -2.30. The smallest absolute Gasteiger partial charge is 0.267 e. The molecule has 8 heteroatoms. The Morgan fingerprint density at radius 1 is 1.24 bits per heavy atom. The average Bonchev–Trinajstić information content (AvgIpc) is 3.25. The van der Waals surface area contributed by atoms with Crippen molar-refractivity contribution in [3.8, 4) is 17.5 Å². The molecule has 5 rings (SSSR count). The summed E-state index contributed by atoms with van der Waals surface area (Å²) < 4.78 is 7.14. The molecule has 1 aliphatic rings. The van der Waals surface area contributed by atoms with Crippen LogP contribution < -0.4 is 10.3 Å². The molecule has 3 heterocycles. The maximum atomic E-state index is 14.0. The summed E-state index contributed by atoms with van der Waals surface area (Å²) in [6.07, 6.45) is 0.871. The molecule has 0 radical (unpaired) electrons. The number of rotatable bonds is 6. The molecule has 172 valence electrons. The number of methoxy groups -OCH3 is 1. The molecule has 6 nitrogen and oxygen atoms in total. The topological polar surface area (TPSA) is 71.2 Å². The van der Waals surface area contributed by atoms with Crippen molar-refractivity contribution in [1.82, 2.24) is 14.5 Å². The highest BCUT2D eigenvalue weighted by Gasteiger charge is 2.25. The van der Waals surface area contributed by atoms with Crippen LogP contribution in [-0.2, 0) is 18.7 Å². The second-order valence-corrected chi connectivity index (χ2v) is 10.2. The maximum absolute atomic E-state index is 14.0. The lowest BCUT2D eigenvalue weighted by atomic mass is 10.1. The molecular weight excluding hydrogens is 464 g/mol. The minimum Gasteiger partial charge on any atom is -0.497 e. The van der Waals surface area contributed by atoms with E-state index in [-0.39, 0.29) is 5.56 Å². The van der Waals surface area contributed by atoms with Crippen molar-refractivity contribution in [3.63, 3.8) is 0 Å². The van der Waals surface area contributed by atoms with Crippen LogP contribution in [0.1, 0.15) is 28.5 Å². The number of fused-ring (bicyclic) bond motifs is 3. The third kappa shape index (κ3) is 4.23. The molecule has 0 bridgehead atoms. The molecule has 0 aliphatic carbocycles. The van der Waals surface area contributed by atoms with Gasteiger partial charge in [0.05, 0.1) is 29.8 Å². The molecule has 1 aliphatic heterocycles. The molecule has 2 aromatic heterocycles. The first-order valence-electron chi connectivity index (χ1n) is 11.2. The number of benzene rings is 2. The number of nitriles is 1. The number of likely N-dealkylation sites (N-methyl/N-ethyl adjacent to an activating group) is 1. The van der Waals surface area contributed by atoms with Gasteiger partial charge in [-0.3, -0.25) is 14.3 Å². The van der Waals surface area contributed by atoms with E-state index in [0.29, 0.717) is 22.2 Å². The van der Waals surface area contributed by atoms with E-state index in [0.717, 1.165) is 53.1 Å². The molecule has 4 aromatic rings. The second kappa shape index (κ2) is 9.63. The Bertz CT molecular complexity index is 1450. The van der Waals surface area contributed by atoms with Gasteiger partial charge in [-0.1, -0.05) is 36.9 Å². The van der Waals surface area contributed by atoms with Crippen molar-refractivity contribution in [2.24, 2.45) is 0 Å². The first-order chi connectivity index (χ1) is 16.6. The van der Waals surface area contributed by atoms with Gasteiger partial charge in [0.1, 0.15) is 10.6 Å². The van der Waals surface area contributed by atoms with E-state index >= 15 is 0 Å². The third-order valence-corrected chi connectivity index (χ3v) is 8.25. The van der Waals surface area contributed by atoms with Crippen LogP contribution in [0.15, 0.2) is 58.5 Å². The summed E-state index contributed by atoms with van der Waals surface area (Å²) in [6, 6.07) is 17.2. The zero-order valence-corrected chi connectivity index (χ0v) is 20.7. The third-order valence-electron chi connectivity index (χ3n) is 6.13. The molecule has 0 unspecified atom stereocenters. The van der Waals surface area contributed by atoms with E-state index in [9.17, 15) is 4.79 Å². The fourth-order valence-electron chi connectivity index (χ4n) is 4.24. The van der Waals surface area contributed by atoms with Crippen LogP contribution in [0.5, 0.6) is 5.75 Å². The highest BCUT2D eigenvalue weighted by molar-refractivity contribution is 7.98. The number of thioether (sulfide) groups is 1. The number of aromatic nitrogens is 2. The van der Waals surface area contributed by atoms with Crippen LogP contribution >= 0.6 is 23.1 Å². The lowest BCUT2D eigenvalue weighted by Gasteiger charge is -2.25. The van der Waals surface area contributed by atoms with Crippen molar-refractivity contribution < 1.29 is 4.74 Å². The number of hydrogen-bond acceptors (Lipinski definition) is 7. The van der Waals surface area contributed by atoms with E-state index < -0.39 is 0 Å². The fraction of sp³-hybridized carbons (Fsp3) is 0.269. The van der Waals surface area contributed by atoms with E-state index in [2.05, 4.69) is 17.9 Å². The van der Waals surface area contributed by atoms with Crippen LogP contribution in [0.4, 0.5) is 0 Å². The largest absolute Gasteiger partial charge is 0.497 e. The Morgan fingerprint density at radius 2 is 2.06 bits per heavy atom. The summed E-state index contributed by atoms with van der Waals surface area (Å²) >= 11 is 3.17. The van der Waals surface area contributed by atoms with Crippen molar-refractivity contribution in [2.45, 2.75) is 30.8 Å². The van der Waals surface area contributed by atoms with Gasteiger partial charge in [-0.15, -0.1) is 11.3 Å². The molecule has 0 saturated carbocycles. The van der Waals surface area contributed by atoms with Crippen LogP contribution in [0, 0.1) is 11.3 Å². The molecule has 0 amide bonds. The zero-order chi connectivity index (χ0) is 23.7. The lowest BCUT2D eigenvalue weighted by molar-refractivity contribution is 0.272. The van der Waals surface area contributed by atoms with Crippen LogP contribution in [0.25, 0.3) is 15.9 Å². The summed E-state index contributed by atoms with van der Waals surface area (Å²) in [5.41, 5.74) is 3.57. The van der Waals surface area contributed by atoms with Crippen molar-refractivity contribution >= 4 is 33.3 Å². The molecule has 0 N–H and O–H groups in total. The van der Waals surface area contributed by atoms with Crippen molar-refractivity contribution in [2.75, 3.05) is 20.2 Å². The van der Waals surface area contributed by atoms with Crippen molar-refractivity contribution in [1.29, 1.82) is 5.26 Å². The van der Waals surface area contributed by atoms with Crippen LogP contribution in [0.3, 0.4) is 0 Å². The highest BCUT2D eigenvalue weighted by atomic mass is 32.2. The number of ether oxygens (including phenoxy) is 1. The highest BCUT2D eigenvalue weighted by Crippen LogP contribution is 2.35. The predicted octanol–water partition coefficient (Wildman–Crippen LogP) is 5.00. The standard InChI is InChI=1S/C26H24N4O2S2/c1-3-29-12-11-21-22(15-29)34-24-23(21)25(31)30(19-5-4-6-20(13-19)32-2)26(28-24)33-16-18-9-7-17(14-27)8-10-18/h4-10,13H,3,11-12,15-16H2,1-2H3. The second-order valence-electron chi connectivity index (χ2n) is 8.14. The fourth-order valence-corrected chi connectivity index (χ4v) is 6.52. The average molecular weight is 489 g/mol. The molecule has 0 atom stereocenters. The number of nitrogens with zero attached hydrogens (tertiary/aromatic N) is 4. The minimum absolute atomic E-state index is 0.0250.